The highest BCUT2D eigenvalue weighted by molar-refractivity contribution is 7.89. The molecular weight excluding hydrogens is 460 g/mol. The van der Waals surface area contributed by atoms with Crippen LogP contribution in [-0.2, 0) is 14.8 Å². The van der Waals surface area contributed by atoms with Gasteiger partial charge in [-0.25, -0.2) is 13.6 Å². The summed E-state index contributed by atoms with van der Waals surface area (Å²) in [4.78, 5) is 22.6. The van der Waals surface area contributed by atoms with Crippen molar-refractivity contribution in [3.8, 4) is 17.4 Å². The van der Waals surface area contributed by atoms with E-state index in [1.807, 2.05) is 0 Å². The van der Waals surface area contributed by atoms with E-state index in [1.54, 1.807) is 12.1 Å². The molecule has 32 heavy (non-hydrogen) atoms. The number of halogens is 1. The first-order valence-electron chi connectivity index (χ1n) is 8.68. The molecule has 1 aromatic heterocycles. The summed E-state index contributed by atoms with van der Waals surface area (Å²) in [6.45, 7) is 0. The van der Waals surface area contributed by atoms with Crippen LogP contribution in [-0.4, -0.2) is 19.2 Å². The van der Waals surface area contributed by atoms with Gasteiger partial charge in [-0.05, 0) is 48.5 Å². The van der Waals surface area contributed by atoms with Crippen LogP contribution in [0, 0.1) is 21.4 Å². The molecule has 10 nitrogen and oxygen atoms in total. The Hall–Kier alpha value is -3.98. The average molecular weight is 473 g/mol. The van der Waals surface area contributed by atoms with Crippen LogP contribution in [0.4, 0.5) is 11.4 Å². The zero-order valence-corrected chi connectivity index (χ0v) is 17.6. The third kappa shape index (κ3) is 5.19. The number of furan rings is 1. The van der Waals surface area contributed by atoms with Crippen LogP contribution < -0.4 is 10.5 Å². The molecular formula is C20H13ClN4O6S. The Morgan fingerprint density at radius 3 is 2.47 bits per heavy atom. The molecule has 0 bridgehead atoms. The molecule has 2 aromatic carbocycles. The fourth-order valence-electron chi connectivity index (χ4n) is 2.61. The zero-order valence-electron chi connectivity index (χ0n) is 16.0. The van der Waals surface area contributed by atoms with Crippen molar-refractivity contribution in [2.24, 2.45) is 5.14 Å². The number of nitrogens with zero attached hydrogens (tertiary/aromatic N) is 2. The summed E-state index contributed by atoms with van der Waals surface area (Å²) in [6.07, 6.45) is 1.20. The highest BCUT2D eigenvalue weighted by Crippen LogP contribution is 2.28. The van der Waals surface area contributed by atoms with Crippen molar-refractivity contribution in [3.63, 3.8) is 0 Å². The van der Waals surface area contributed by atoms with Crippen LogP contribution in [0.2, 0.25) is 5.02 Å². The molecule has 1 heterocycles. The summed E-state index contributed by atoms with van der Waals surface area (Å²) in [7, 11) is -3.83. The molecule has 0 spiro atoms. The highest BCUT2D eigenvalue weighted by atomic mass is 35.5. The smallest absolute Gasteiger partial charge is 0.289 e. The summed E-state index contributed by atoms with van der Waals surface area (Å²) < 4.78 is 28.3. The molecule has 0 fully saturated rings. The van der Waals surface area contributed by atoms with Gasteiger partial charge in [-0.1, -0.05) is 11.6 Å². The maximum absolute atomic E-state index is 12.4. The number of amides is 1. The first-order chi connectivity index (χ1) is 15.1. The molecule has 0 aliphatic carbocycles. The van der Waals surface area contributed by atoms with Crippen molar-refractivity contribution >= 4 is 45.0 Å². The Morgan fingerprint density at radius 1 is 1.19 bits per heavy atom. The SMILES string of the molecule is N#C/C(=C\c1ccc(-c2ccc(S(N)(=O)=O)cc2)o1)C(=O)Nc1ccc(Cl)c([N+](=O)[O-])c1. The van der Waals surface area contributed by atoms with Crippen molar-refractivity contribution in [1.29, 1.82) is 5.26 Å². The van der Waals surface area contributed by atoms with Crippen LogP contribution >= 0.6 is 11.6 Å². The molecule has 12 heteroatoms. The van der Waals surface area contributed by atoms with E-state index in [4.69, 9.17) is 21.2 Å². The Bertz CT molecular complexity index is 1390. The van der Waals surface area contributed by atoms with E-state index in [0.29, 0.717) is 11.3 Å². The molecule has 162 valence electrons. The predicted molar refractivity (Wildman–Crippen MR) is 116 cm³/mol. The third-order valence-electron chi connectivity index (χ3n) is 4.15. The van der Waals surface area contributed by atoms with E-state index in [9.17, 15) is 28.6 Å². The molecule has 3 aromatic rings. The van der Waals surface area contributed by atoms with E-state index in [1.165, 1.54) is 48.5 Å². The monoisotopic (exact) mass is 472 g/mol. The van der Waals surface area contributed by atoms with Gasteiger partial charge in [0.1, 0.15) is 28.2 Å². The summed E-state index contributed by atoms with van der Waals surface area (Å²) in [5, 5.41) is 27.7. The molecule has 1 amide bonds. The first kappa shape index (κ1) is 22.7. The van der Waals surface area contributed by atoms with E-state index in [-0.39, 0.29) is 26.9 Å². The fraction of sp³-hybridized carbons (Fsp3) is 0. The Morgan fingerprint density at radius 2 is 1.88 bits per heavy atom. The van der Waals surface area contributed by atoms with Crippen LogP contribution in [0.25, 0.3) is 17.4 Å². The number of nitriles is 1. The number of carbonyl (C=O) groups excluding carboxylic acids is 1. The molecule has 0 saturated carbocycles. The lowest BCUT2D eigenvalue weighted by Gasteiger charge is -2.04. The number of sulfonamides is 1. The van der Waals surface area contributed by atoms with Gasteiger partial charge in [-0.3, -0.25) is 14.9 Å². The highest BCUT2D eigenvalue weighted by Gasteiger charge is 2.16. The van der Waals surface area contributed by atoms with Crippen LogP contribution in [0.15, 0.2) is 69.5 Å². The number of benzene rings is 2. The standard InChI is InChI=1S/C20H13ClN4O6S/c21-17-7-3-14(10-18(17)25(27)28)24-20(26)13(11-22)9-15-4-8-19(31-15)12-1-5-16(6-2-12)32(23,29)30/h1-10H,(H,24,26)(H2,23,29,30)/b13-9+. The van der Waals surface area contributed by atoms with E-state index < -0.39 is 26.5 Å². The van der Waals surface area contributed by atoms with Gasteiger partial charge in [-0.2, -0.15) is 5.26 Å². The predicted octanol–water partition coefficient (Wildman–Crippen LogP) is 3.70. The molecule has 0 atom stereocenters. The first-order valence-corrected chi connectivity index (χ1v) is 10.6. The van der Waals surface area contributed by atoms with Gasteiger partial charge in [0.05, 0.1) is 9.82 Å². The zero-order chi connectivity index (χ0) is 23.5. The maximum atomic E-state index is 12.4. The fourth-order valence-corrected chi connectivity index (χ4v) is 3.32. The maximum Gasteiger partial charge on any atom is 0.289 e. The molecule has 0 aliphatic heterocycles. The van der Waals surface area contributed by atoms with Crippen molar-refractivity contribution in [3.05, 3.63) is 81.1 Å². The second kappa shape index (κ2) is 9.03. The second-order valence-corrected chi connectivity index (χ2v) is 8.29. The second-order valence-electron chi connectivity index (χ2n) is 6.32. The van der Waals surface area contributed by atoms with Gasteiger partial charge < -0.3 is 9.73 Å². The quantitative estimate of drug-likeness (QED) is 0.238. The Kier molecular flexibility index (Phi) is 6.40. The number of anilines is 1. The lowest BCUT2D eigenvalue weighted by Crippen LogP contribution is -2.13. The molecule has 3 rings (SSSR count). The topological polar surface area (TPSA) is 169 Å². The molecule has 0 radical (unpaired) electrons. The van der Waals surface area contributed by atoms with Gasteiger partial charge in [0.25, 0.3) is 11.6 Å². The van der Waals surface area contributed by atoms with Crippen molar-refractivity contribution in [2.45, 2.75) is 4.90 Å². The average Bonchev–Trinajstić information content (AvgIpc) is 3.21. The number of nitro groups is 1. The molecule has 3 N–H and O–H groups in total. The number of primary sulfonamides is 1. The summed E-state index contributed by atoms with van der Waals surface area (Å²) in [6, 6.07) is 14.2. The summed E-state index contributed by atoms with van der Waals surface area (Å²) in [5.74, 6) is -0.257. The van der Waals surface area contributed by atoms with Crippen LogP contribution in [0.3, 0.4) is 0 Å². The van der Waals surface area contributed by atoms with Gasteiger partial charge in [0.2, 0.25) is 10.0 Å². The van der Waals surface area contributed by atoms with Gasteiger partial charge in [-0.15, -0.1) is 0 Å². The van der Waals surface area contributed by atoms with E-state index >= 15 is 0 Å². The number of rotatable bonds is 6. The van der Waals surface area contributed by atoms with Crippen LogP contribution in [0.1, 0.15) is 5.76 Å². The summed E-state index contributed by atoms with van der Waals surface area (Å²) in [5.41, 5.74) is -0.0695. The third-order valence-corrected chi connectivity index (χ3v) is 5.40. The van der Waals surface area contributed by atoms with Crippen LogP contribution in [0.5, 0.6) is 0 Å². The number of nitro benzene ring substituents is 1. The lowest BCUT2D eigenvalue weighted by molar-refractivity contribution is -0.384. The number of carbonyl (C=O) groups is 1. The number of nitrogens with two attached hydrogens (primary N) is 1. The lowest BCUT2D eigenvalue weighted by atomic mass is 10.2. The minimum absolute atomic E-state index is 0.0567. The molecule has 0 unspecified atom stereocenters. The minimum atomic E-state index is -3.83. The molecule has 0 aliphatic rings. The van der Waals surface area contributed by atoms with Crippen molar-refractivity contribution in [1.82, 2.24) is 0 Å². The number of hydrogen-bond donors (Lipinski definition) is 2. The van der Waals surface area contributed by atoms with E-state index in [2.05, 4.69) is 5.32 Å². The number of nitrogens with one attached hydrogen (secondary N) is 1. The molecule has 0 saturated heterocycles. The number of hydrogen-bond acceptors (Lipinski definition) is 7. The normalized spacial score (nSPS) is 11.6. The van der Waals surface area contributed by atoms with Gasteiger partial charge in [0.15, 0.2) is 0 Å². The Labute approximate surface area is 186 Å². The van der Waals surface area contributed by atoms with E-state index in [0.717, 1.165) is 6.07 Å². The Balaban J connectivity index is 1.81. The van der Waals surface area contributed by atoms with Crippen molar-refractivity contribution < 1.29 is 22.6 Å². The van der Waals surface area contributed by atoms with Gasteiger partial charge in [0, 0.05) is 23.4 Å². The van der Waals surface area contributed by atoms with Crippen molar-refractivity contribution in [2.75, 3.05) is 5.32 Å². The van der Waals surface area contributed by atoms with Gasteiger partial charge >= 0.3 is 0 Å². The largest absolute Gasteiger partial charge is 0.457 e. The minimum Gasteiger partial charge on any atom is -0.457 e. The summed E-state index contributed by atoms with van der Waals surface area (Å²) >= 11 is 5.74.